The number of carbonyl (C=O) groups excluding carboxylic acids is 3. The third-order valence-electron chi connectivity index (χ3n) is 5.14. The molecule has 0 fully saturated rings. The van der Waals surface area contributed by atoms with Crippen LogP contribution in [0.1, 0.15) is 41.9 Å². The number of nitrogens with one attached hydrogen (secondary N) is 1. The lowest BCUT2D eigenvalue weighted by atomic mass is 10.1. The molecule has 174 valence electrons. The van der Waals surface area contributed by atoms with Gasteiger partial charge in [0.1, 0.15) is 28.0 Å². The molecule has 0 atom stereocenters. The van der Waals surface area contributed by atoms with Crippen molar-refractivity contribution in [2.75, 3.05) is 19.5 Å². The van der Waals surface area contributed by atoms with Gasteiger partial charge in [-0.05, 0) is 36.1 Å². The molecule has 2 heterocycles. The number of benzene rings is 2. The monoisotopic (exact) mass is 479 g/mol. The van der Waals surface area contributed by atoms with Gasteiger partial charge in [0.15, 0.2) is 5.76 Å². The molecule has 0 aliphatic rings. The van der Waals surface area contributed by atoms with Crippen LogP contribution in [0, 0.1) is 6.92 Å². The van der Waals surface area contributed by atoms with E-state index in [0.29, 0.717) is 17.1 Å². The van der Waals surface area contributed by atoms with Crippen molar-refractivity contribution in [3.05, 3.63) is 82.1 Å². The van der Waals surface area contributed by atoms with Crippen LogP contribution in [0.2, 0.25) is 0 Å². The molecule has 9 heteroatoms. The van der Waals surface area contributed by atoms with Crippen LogP contribution in [0.15, 0.2) is 59.0 Å². The molecule has 0 spiro atoms. The van der Waals surface area contributed by atoms with Crippen LogP contribution in [0.5, 0.6) is 5.75 Å². The smallest absolute Gasteiger partial charge is 0.348 e. The van der Waals surface area contributed by atoms with Crippen molar-refractivity contribution in [1.82, 2.24) is 0 Å². The Hall–Kier alpha value is -4.11. The van der Waals surface area contributed by atoms with Gasteiger partial charge in [-0.2, -0.15) is 0 Å². The Bertz CT molecular complexity index is 1380. The van der Waals surface area contributed by atoms with Gasteiger partial charge in [-0.1, -0.05) is 36.4 Å². The van der Waals surface area contributed by atoms with Crippen LogP contribution in [-0.2, 0) is 16.1 Å². The maximum atomic E-state index is 12.8. The average molecular weight is 480 g/mol. The van der Waals surface area contributed by atoms with Crippen LogP contribution >= 0.6 is 11.3 Å². The third kappa shape index (κ3) is 4.51. The summed E-state index contributed by atoms with van der Waals surface area (Å²) in [7, 11) is 2.46. The van der Waals surface area contributed by atoms with E-state index in [4.69, 9.17) is 18.6 Å². The lowest BCUT2D eigenvalue weighted by molar-refractivity contribution is 0.0601. The van der Waals surface area contributed by atoms with E-state index in [0.717, 1.165) is 22.1 Å². The second kappa shape index (κ2) is 9.80. The van der Waals surface area contributed by atoms with E-state index in [-0.39, 0.29) is 27.8 Å². The highest BCUT2D eigenvalue weighted by Crippen LogP contribution is 2.34. The van der Waals surface area contributed by atoms with E-state index < -0.39 is 17.8 Å². The molecule has 0 saturated heterocycles. The summed E-state index contributed by atoms with van der Waals surface area (Å²) in [5.41, 5.74) is 0.454. The van der Waals surface area contributed by atoms with Crippen molar-refractivity contribution >= 4 is 45.0 Å². The molecule has 1 amide bonds. The van der Waals surface area contributed by atoms with E-state index in [1.165, 1.54) is 20.3 Å². The van der Waals surface area contributed by atoms with Gasteiger partial charge >= 0.3 is 11.9 Å². The predicted octanol–water partition coefficient (Wildman–Crippen LogP) is 5.21. The molecule has 2 aromatic heterocycles. The first-order valence-corrected chi connectivity index (χ1v) is 11.0. The van der Waals surface area contributed by atoms with Gasteiger partial charge in [-0.15, -0.1) is 11.3 Å². The number of esters is 2. The van der Waals surface area contributed by atoms with E-state index in [1.54, 1.807) is 13.0 Å². The van der Waals surface area contributed by atoms with E-state index >= 15 is 0 Å². The first-order chi connectivity index (χ1) is 16.4. The van der Waals surface area contributed by atoms with Gasteiger partial charge in [0.05, 0.1) is 19.8 Å². The Kier molecular flexibility index (Phi) is 6.65. The van der Waals surface area contributed by atoms with E-state index in [9.17, 15) is 14.4 Å². The Morgan fingerprint density at radius 3 is 2.44 bits per heavy atom. The lowest BCUT2D eigenvalue weighted by Crippen LogP contribution is -2.13. The molecule has 0 bridgehead atoms. The second-order valence-electron chi connectivity index (χ2n) is 7.23. The molecule has 8 nitrogen and oxygen atoms in total. The Balaban J connectivity index is 1.51. The minimum Gasteiger partial charge on any atom is -0.485 e. The number of anilines is 1. The SMILES string of the molecule is COC(=O)c1sc(NC(=O)c2ccc(COc3cccc4ccccc34)o2)c(C(=O)OC)c1C. The summed E-state index contributed by atoms with van der Waals surface area (Å²) in [4.78, 5) is 37.3. The van der Waals surface area contributed by atoms with Crippen LogP contribution in [-0.4, -0.2) is 32.1 Å². The molecule has 0 aliphatic heterocycles. The van der Waals surface area contributed by atoms with Crippen molar-refractivity contribution in [3.8, 4) is 5.75 Å². The summed E-state index contributed by atoms with van der Waals surface area (Å²) in [6.45, 7) is 1.71. The molecule has 0 unspecified atom stereocenters. The maximum Gasteiger partial charge on any atom is 0.348 e. The standard InChI is InChI=1S/C25H21NO7S/c1-14-20(24(28)30-2)23(34-21(14)25(29)31-3)26-22(27)19-12-11-16(33-19)13-32-18-10-6-8-15-7-4-5-9-17(15)18/h4-12H,13H2,1-3H3,(H,26,27). The molecule has 2 aromatic carbocycles. The Labute approximate surface area is 199 Å². The highest BCUT2D eigenvalue weighted by molar-refractivity contribution is 7.18. The van der Waals surface area contributed by atoms with Crippen molar-refractivity contribution in [3.63, 3.8) is 0 Å². The molecule has 34 heavy (non-hydrogen) atoms. The quantitative estimate of drug-likeness (QED) is 0.363. The van der Waals surface area contributed by atoms with Crippen molar-refractivity contribution in [2.45, 2.75) is 13.5 Å². The average Bonchev–Trinajstić information content (AvgIpc) is 3.46. The summed E-state index contributed by atoms with van der Waals surface area (Å²) in [6, 6.07) is 16.8. The molecule has 0 radical (unpaired) electrons. The third-order valence-corrected chi connectivity index (χ3v) is 6.33. The molecule has 1 N–H and O–H groups in total. The van der Waals surface area contributed by atoms with E-state index in [1.807, 2.05) is 42.5 Å². The van der Waals surface area contributed by atoms with Gasteiger partial charge in [0, 0.05) is 5.39 Å². The number of thiophene rings is 1. The number of rotatable bonds is 7. The number of hydrogen-bond acceptors (Lipinski definition) is 8. The lowest BCUT2D eigenvalue weighted by Gasteiger charge is -2.08. The molecular formula is C25H21NO7S. The van der Waals surface area contributed by atoms with Gasteiger partial charge < -0.3 is 23.9 Å². The number of methoxy groups -OCH3 is 2. The maximum absolute atomic E-state index is 12.8. The number of furan rings is 1. The fourth-order valence-corrected chi connectivity index (χ4v) is 4.56. The van der Waals surface area contributed by atoms with Crippen LogP contribution in [0.3, 0.4) is 0 Å². The highest BCUT2D eigenvalue weighted by atomic mass is 32.1. The van der Waals surface area contributed by atoms with Gasteiger partial charge in [0.25, 0.3) is 5.91 Å². The molecule has 4 aromatic rings. The normalized spacial score (nSPS) is 10.7. The number of amides is 1. The Morgan fingerprint density at radius 1 is 0.941 bits per heavy atom. The van der Waals surface area contributed by atoms with Gasteiger partial charge in [-0.25, -0.2) is 9.59 Å². The van der Waals surface area contributed by atoms with Crippen LogP contribution in [0.25, 0.3) is 10.8 Å². The predicted molar refractivity (Wildman–Crippen MR) is 127 cm³/mol. The number of ether oxygens (including phenoxy) is 3. The first-order valence-electron chi connectivity index (χ1n) is 10.2. The Morgan fingerprint density at radius 2 is 1.68 bits per heavy atom. The first kappa shape index (κ1) is 23.1. The summed E-state index contributed by atoms with van der Waals surface area (Å²) in [5.74, 6) is -0.699. The fourth-order valence-electron chi connectivity index (χ4n) is 3.45. The zero-order valence-corrected chi connectivity index (χ0v) is 19.5. The largest absolute Gasteiger partial charge is 0.485 e. The summed E-state index contributed by atoms with van der Waals surface area (Å²) in [5, 5.41) is 4.82. The molecular weight excluding hydrogens is 458 g/mol. The zero-order chi connectivity index (χ0) is 24.2. The molecule has 0 aliphatic carbocycles. The topological polar surface area (TPSA) is 104 Å². The minimum atomic E-state index is -0.678. The summed E-state index contributed by atoms with van der Waals surface area (Å²) in [6.07, 6.45) is 0. The van der Waals surface area contributed by atoms with Crippen molar-refractivity contribution in [2.24, 2.45) is 0 Å². The molecule has 0 saturated carbocycles. The van der Waals surface area contributed by atoms with Gasteiger partial charge in [0.2, 0.25) is 0 Å². The minimum absolute atomic E-state index is 0.0259. The fraction of sp³-hybridized carbons (Fsp3) is 0.160. The highest BCUT2D eigenvalue weighted by Gasteiger charge is 2.27. The van der Waals surface area contributed by atoms with Crippen LogP contribution in [0.4, 0.5) is 5.00 Å². The zero-order valence-electron chi connectivity index (χ0n) is 18.7. The number of hydrogen-bond donors (Lipinski definition) is 1. The van der Waals surface area contributed by atoms with Crippen molar-refractivity contribution < 1.29 is 33.0 Å². The van der Waals surface area contributed by atoms with Gasteiger partial charge in [-0.3, -0.25) is 4.79 Å². The van der Waals surface area contributed by atoms with Crippen LogP contribution < -0.4 is 10.1 Å². The van der Waals surface area contributed by atoms with Crippen molar-refractivity contribution in [1.29, 1.82) is 0 Å². The molecule has 4 rings (SSSR count). The summed E-state index contributed by atoms with van der Waals surface area (Å²) < 4.78 is 21.1. The number of carbonyl (C=O) groups is 3. The second-order valence-corrected chi connectivity index (χ2v) is 8.25. The van der Waals surface area contributed by atoms with E-state index in [2.05, 4.69) is 5.32 Å². The summed E-state index contributed by atoms with van der Waals surface area (Å²) >= 11 is 0.927. The number of fused-ring (bicyclic) bond motifs is 1.